The zero-order valence-electron chi connectivity index (χ0n) is 12.3. The third kappa shape index (κ3) is 3.30. The number of hydrogen-bond acceptors (Lipinski definition) is 5. The van der Waals surface area contributed by atoms with Crippen molar-refractivity contribution in [3.8, 4) is 0 Å². The van der Waals surface area contributed by atoms with E-state index in [2.05, 4.69) is 10.4 Å². The molecule has 1 amide bonds. The van der Waals surface area contributed by atoms with Crippen LogP contribution in [0.15, 0.2) is 17.5 Å². The van der Waals surface area contributed by atoms with Crippen LogP contribution in [0.5, 0.6) is 0 Å². The second-order valence-electron chi connectivity index (χ2n) is 4.68. The lowest BCUT2D eigenvalue weighted by molar-refractivity contribution is -0.123. The number of anilines is 1. The number of thiophene rings is 1. The first-order valence-corrected chi connectivity index (χ1v) is 7.33. The Morgan fingerprint density at radius 2 is 2.14 bits per heavy atom. The summed E-state index contributed by atoms with van der Waals surface area (Å²) in [6.45, 7) is 5.21. The normalized spacial score (nSPS) is 12.0. The lowest BCUT2D eigenvalue weighted by atomic mass is 10.3. The Labute approximate surface area is 126 Å². The van der Waals surface area contributed by atoms with Crippen molar-refractivity contribution in [2.24, 2.45) is 7.05 Å². The highest BCUT2D eigenvalue weighted by atomic mass is 32.1. The Hall–Kier alpha value is -2.15. The highest BCUT2D eigenvalue weighted by Crippen LogP contribution is 2.19. The molecule has 6 nitrogen and oxygen atoms in total. The Morgan fingerprint density at radius 1 is 1.43 bits per heavy atom. The molecule has 112 valence electrons. The quantitative estimate of drug-likeness (QED) is 0.880. The molecule has 0 spiro atoms. The van der Waals surface area contributed by atoms with Crippen molar-refractivity contribution in [2.75, 3.05) is 5.32 Å². The first-order valence-electron chi connectivity index (χ1n) is 6.45. The molecule has 0 aliphatic carbocycles. The van der Waals surface area contributed by atoms with Gasteiger partial charge in [-0.05, 0) is 32.2 Å². The number of ether oxygens (including phenoxy) is 1. The van der Waals surface area contributed by atoms with E-state index in [-0.39, 0.29) is 5.91 Å². The van der Waals surface area contributed by atoms with Gasteiger partial charge in [0.25, 0.3) is 5.91 Å². The molecule has 0 aliphatic rings. The van der Waals surface area contributed by atoms with Crippen LogP contribution in [0, 0.1) is 13.8 Å². The van der Waals surface area contributed by atoms with Gasteiger partial charge in [-0.1, -0.05) is 6.07 Å². The third-order valence-electron chi connectivity index (χ3n) is 3.13. The molecule has 0 saturated heterocycles. The standard InChI is InChI=1S/C14H17N3O3S/c1-8-12(9(2)17(4)16-8)15-13(18)10(3)20-14(19)11-6-5-7-21-11/h5-7,10H,1-4H3,(H,15,18). The van der Waals surface area contributed by atoms with Gasteiger partial charge in [-0.3, -0.25) is 9.48 Å². The Bertz CT molecular complexity index is 661. The number of hydrogen-bond donors (Lipinski definition) is 1. The minimum atomic E-state index is -0.876. The first-order chi connectivity index (χ1) is 9.90. The number of rotatable bonds is 4. The second kappa shape index (κ2) is 6.09. The number of nitrogens with zero attached hydrogens (tertiary/aromatic N) is 2. The molecule has 0 fully saturated rings. The van der Waals surface area contributed by atoms with Gasteiger partial charge in [0, 0.05) is 7.05 Å². The topological polar surface area (TPSA) is 73.2 Å². The molecule has 0 aromatic carbocycles. The van der Waals surface area contributed by atoms with Gasteiger partial charge in [0.1, 0.15) is 4.88 Å². The van der Waals surface area contributed by atoms with E-state index < -0.39 is 12.1 Å². The summed E-state index contributed by atoms with van der Waals surface area (Å²) in [5.74, 6) is -0.869. The lowest BCUT2D eigenvalue weighted by Gasteiger charge is -2.13. The van der Waals surface area contributed by atoms with E-state index in [0.717, 1.165) is 11.4 Å². The fourth-order valence-corrected chi connectivity index (χ4v) is 2.45. The molecular weight excluding hydrogens is 290 g/mol. The fourth-order valence-electron chi connectivity index (χ4n) is 1.85. The molecule has 2 heterocycles. The van der Waals surface area contributed by atoms with E-state index in [1.807, 2.05) is 13.8 Å². The van der Waals surface area contributed by atoms with E-state index in [4.69, 9.17) is 4.74 Å². The maximum absolute atomic E-state index is 12.1. The van der Waals surface area contributed by atoms with E-state index in [0.29, 0.717) is 10.6 Å². The van der Waals surface area contributed by atoms with Crippen LogP contribution in [-0.2, 0) is 16.6 Å². The van der Waals surface area contributed by atoms with Crippen LogP contribution >= 0.6 is 11.3 Å². The van der Waals surface area contributed by atoms with Gasteiger partial charge in [-0.25, -0.2) is 4.79 Å². The van der Waals surface area contributed by atoms with Gasteiger partial charge in [-0.15, -0.1) is 11.3 Å². The SMILES string of the molecule is Cc1nn(C)c(C)c1NC(=O)C(C)OC(=O)c1cccs1. The van der Waals surface area contributed by atoms with Crippen LogP contribution in [0.2, 0.25) is 0 Å². The maximum atomic E-state index is 12.1. The average Bonchev–Trinajstić information content (AvgIpc) is 3.03. The molecule has 2 aromatic rings. The highest BCUT2D eigenvalue weighted by molar-refractivity contribution is 7.11. The van der Waals surface area contributed by atoms with Crippen LogP contribution in [-0.4, -0.2) is 27.8 Å². The van der Waals surface area contributed by atoms with Gasteiger partial charge in [0.2, 0.25) is 0 Å². The minimum Gasteiger partial charge on any atom is -0.448 e. The number of amides is 1. The number of carbonyl (C=O) groups excluding carboxylic acids is 2. The summed E-state index contributed by atoms with van der Waals surface area (Å²) in [4.78, 5) is 24.4. The van der Waals surface area contributed by atoms with Crippen LogP contribution < -0.4 is 5.32 Å². The van der Waals surface area contributed by atoms with Crippen LogP contribution in [0.4, 0.5) is 5.69 Å². The second-order valence-corrected chi connectivity index (χ2v) is 5.63. The molecule has 1 N–H and O–H groups in total. The van der Waals surface area contributed by atoms with Crippen molar-refractivity contribution in [3.63, 3.8) is 0 Å². The third-order valence-corrected chi connectivity index (χ3v) is 3.98. The van der Waals surface area contributed by atoms with E-state index in [1.54, 1.807) is 36.2 Å². The summed E-state index contributed by atoms with van der Waals surface area (Å²) in [6, 6.07) is 3.42. The molecule has 2 rings (SSSR count). The highest BCUT2D eigenvalue weighted by Gasteiger charge is 2.21. The largest absolute Gasteiger partial charge is 0.448 e. The summed E-state index contributed by atoms with van der Waals surface area (Å²) >= 11 is 1.28. The molecule has 21 heavy (non-hydrogen) atoms. The van der Waals surface area contributed by atoms with Crippen molar-refractivity contribution in [1.82, 2.24) is 9.78 Å². The fraction of sp³-hybridized carbons (Fsp3) is 0.357. The molecule has 1 unspecified atom stereocenters. The van der Waals surface area contributed by atoms with Crippen LogP contribution in [0.1, 0.15) is 28.0 Å². The number of esters is 1. The first kappa shape index (κ1) is 15.2. The number of aromatic nitrogens is 2. The predicted octanol–water partition coefficient (Wildman–Crippen LogP) is 2.28. The Kier molecular flexibility index (Phi) is 4.42. The number of nitrogens with one attached hydrogen (secondary N) is 1. The smallest absolute Gasteiger partial charge is 0.349 e. The van der Waals surface area contributed by atoms with E-state index >= 15 is 0 Å². The van der Waals surface area contributed by atoms with Gasteiger partial charge in [0.05, 0.1) is 17.1 Å². The molecular formula is C14H17N3O3S. The van der Waals surface area contributed by atoms with Crippen molar-refractivity contribution < 1.29 is 14.3 Å². The zero-order valence-corrected chi connectivity index (χ0v) is 13.2. The zero-order chi connectivity index (χ0) is 15.6. The van der Waals surface area contributed by atoms with E-state index in [1.165, 1.54) is 11.3 Å². The summed E-state index contributed by atoms with van der Waals surface area (Å²) in [7, 11) is 1.80. The summed E-state index contributed by atoms with van der Waals surface area (Å²) < 4.78 is 6.84. The summed E-state index contributed by atoms with van der Waals surface area (Å²) in [6.07, 6.45) is -0.876. The molecule has 0 aliphatic heterocycles. The van der Waals surface area contributed by atoms with Gasteiger partial charge >= 0.3 is 5.97 Å². The summed E-state index contributed by atoms with van der Waals surface area (Å²) in [5, 5.41) is 8.76. The molecule has 7 heteroatoms. The van der Waals surface area contributed by atoms with Crippen molar-refractivity contribution >= 4 is 28.9 Å². The number of carbonyl (C=O) groups is 2. The van der Waals surface area contributed by atoms with Gasteiger partial charge in [-0.2, -0.15) is 5.10 Å². The van der Waals surface area contributed by atoms with Crippen molar-refractivity contribution in [1.29, 1.82) is 0 Å². The Balaban J connectivity index is 2.01. The Morgan fingerprint density at radius 3 is 2.67 bits per heavy atom. The average molecular weight is 307 g/mol. The van der Waals surface area contributed by atoms with Crippen LogP contribution in [0.25, 0.3) is 0 Å². The molecule has 0 saturated carbocycles. The molecule has 1 atom stereocenters. The summed E-state index contributed by atoms with van der Waals surface area (Å²) in [5.41, 5.74) is 2.22. The number of aryl methyl sites for hydroxylation is 2. The molecule has 0 radical (unpaired) electrons. The van der Waals surface area contributed by atoms with Crippen molar-refractivity contribution in [2.45, 2.75) is 26.9 Å². The minimum absolute atomic E-state index is 0.376. The van der Waals surface area contributed by atoms with Crippen molar-refractivity contribution in [3.05, 3.63) is 33.8 Å². The van der Waals surface area contributed by atoms with Crippen LogP contribution in [0.3, 0.4) is 0 Å². The maximum Gasteiger partial charge on any atom is 0.349 e. The predicted molar refractivity (Wildman–Crippen MR) is 80.5 cm³/mol. The van der Waals surface area contributed by atoms with E-state index in [9.17, 15) is 9.59 Å². The monoisotopic (exact) mass is 307 g/mol. The van der Waals surface area contributed by atoms with Gasteiger partial charge < -0.3 is 10.1 Å². The lowest BCUT2D eigenvalue weighted by Crippen LogP contribution is -2.30. The van der Waals surface area contributed by atoms with Gasteiger partial charge in [0.15, 0.2) is 6.10 Å². The molecule has 2 aromatic heterocycles. The molecule has 0 bridgehead atoms.